The lowest BCUT2D eigenvalue weighted by molar-refractivity contribution is -0.0866. The Labute approximate surface area is 117 Å². The Morgan fingerprint density at radius 3 is 1.50 bits per heavy atom. The number of benzene rings is 2. The van der Waals surface area contributed by atoms with Crippen molar-refractivity contribution >= 4 is 9.84 Å². The summed E-state index contributed by atoms with van der Waals surface area (Å²) in [5.41, 5.74) is 0. The third-order valence-electron chi connectivity index (χ3n) is 2.97. The number of hydrogen-bond acceptors (Lipinski definition) is 4. The third-order valence-corrected chi connectivity index (χ3v) is 4.73. The first-order valence-corrected chi connectivity index (χ1v) is 8.08. The number of sulfone groups is 1. The summed E-state index contributed by atoms with van der Waals surface area (Å²) in [5.74, 6) is -0.202. The van der Waals surface area contributed by atoms with Gasteiger partial charge in [0.2, 0.25) is 0 Å². The van der Waals surface area contributed by atoms with E-state index in [0.717, 1.165) is 0 Å². The van der Waals surface area contributed by atoms with Crippen LogP contribution in [0.2, 0.25) is 0 Å². The van der Waals surface area contributed by atoms with Gasteiger partial charge in [-0.15, -0.1) is 0 Å². The van der Waals surface area contributed by atoms with Gasteiger partial charge in [0.25, 0.3) is 5.79 Å². The molecule has 20 heavy (non-hydrogen) atoms. The molecule has 1 heterocycles. The Morgan fingerprint density at radius 1 is 0.750 bits per heavy atom. The summed E-state index contributed by atoms with van der Waals surface area (Å²) >= 11 is 0. The quantitative estimate of drug-likeness (QED) is 0.811. The van der Waals surface area contributed by atoms with Crippen molar-refractivity contribution in [1.29, 1.82) is 0 Å². The molecule has 104 valence electrons. The summed E-state index contributed by atoms with van der Waals surface area (Å²) in [6.07, 6.45) is 0. The van der Waals surface area contributed by atoms with E-state index < -0.39 is 15.6 Å². The number of para-hydroxylation sites is 2. The van der Waals surface area contributed by atoms with Crippen LogP contribution in [0.4, 0.5) is 0 Å². The molecule has 0 radical (unpaired) electrons. The fourth-order valence-electron chi connectivity index (χ4n) is 2.17. The molecule has 0 N–H and O–H groups in total. The van der Waals surface area contributed by atoms with Crippen LogP contribution in [0.15, 0.2) is 60.7 Å². The van der Waals surface area contributed by atoms with Crippen LogP contribution in [0.25, 0.3) is 0 Å². The molecule has 2 aromatic carbocycles. The number of hydrogen-bond donors (Lipinski definition) is 0. The van der Waals surface area contributed by atoms with Gasteiger partial charge in [0, 0.05) is 0 Å². The largest absolute Gasteiger partial charge is 0.450 e. The van der Waals surface area contributed by atoms with Crippen LogP contribution < -0.4 is 9.47 Å². The highest BCUT2D eigenvalue weighted by molar-refractivity contribution is 7.93. The van der Waals surface area contributed by atoms with Gasteiger partial charge in [0.1, 0.15) is 23.0 Å². The topological polar surface area (TPSA) is 52.6 Å². The molecule has 0 amide bonds. The first-order valence-electron chi connectivity index (χ1n) is 6.26. The third kappa shape index (κ3) is 2.77. The number of ether oxygens (including phenoxy) is 2. The van der Waals surface area contributed by atoms with E-state index in [-0.39, 0.29) is 11.5 Å². The van der Waals surface area contributed by atoms with Crippen molar-refractivity contribution < 1.29 is 17.9 Å². The van der Waals surface area contributed by atoms with E-state index in [2.05, 4.69) is 0 Å². The van der Waals surface area contributed by atoms with Crippen LogP contribution in [-0.2, 0) is 9.84 Å². The van der Waals surface area contributed by atoms with E-state index >= 15 is 0 Å². The van der Waals surface area contributed by atoms with Gasteiger partial charge in [-0.05, 0) is 24.3 Å². The molecule has 1 aliphatic heterocycles. The second-order valence-electron chi connectivity index (χ2n) is 4.77. The molecule has 4 nitrogen and oxygen atoms in total. The van der Waals surface area contributed by atoms with Crippen LogP contribution in [0.1, 0.15) is 0 Å². The monoisotopic (exact) mass is 290 g/mol. The van der Waals surface area contributed by atoms with Crippen molar-refractivity contribution in [2.24, 2.45) is 0 Å². The van der Waals surface area contributed by atoms with Crippen LogP contribution >= 0.6 is 0 Å². The molecule has 1 fully saturated rings. The molecular formula is C15H14O4S. The fourth-order valence-corrected chi connectivity index (χ4v) is 3.66. The smallest absolute Gasteiger partial charge is 0.278 e. The normalized spacial score (nSPS) is 18.8. The zero-order valence-corrected chi connectivity index (χ0v) is 11.5. The lowest BCUT2D eigenvalue weighted by atomic mass is 10.3. The minimum Gasteiger partial charge on any atom is -0.450 e. The summed E-state index contributed by atoms with van der Waals surface area (Å²) in [4.78, 5) is 0. The van der Waals surface area contributed by atoms with Crippen LogP contribution in [-0.4, -0.2) is 25.7 Å². The van der Waals surface area contributed by atoms with Gasteiger partial charge >= 0.3 is 0 Å². The highest BCUT2D eigenvalue weighted by atomic mass is 32.2. The standard InChI is InChI=1S/C15H14O4S/c16-20(17)11-15(12-20,18-13-7-3-1-4-8-13)19-14-9-5-2-6-10-14/h1-10H,11-12H2. The van der Waals surface area contributed by atoms with Crippen LogP contribution in [0, 0.1) is 0 Å². The van der Waals surface area contributed by atoms with Gasteiger partial charge in [-0.1, -0.05) is 36.4 Å². The van der Waals surface area contributed by atoms with Crippen molar-refractivity contribution in [2.75, 3.05) is 11.5 Å². The van der Waals surface area contributed by atoms with Gasteiger partial charge in [0.15, 0.2) is 9.84 Å². The Bertz CT molecular complexity index is 625. The van der Waals surface area contributed by atoms with Gasteiger partial charge in [0.05, 0.1) is 0 Å². The van der Waals surface area contributed by atoms with E-state index in [4.69, 9.17) is 9.47 Å². The molecule has 0 unspecified atom stereocenters. The maximum absolute atomic E-state index is 11.5. The molecule has 0 aliphatic carbocycles. The molecular weight excluding hydrogens is 276 g/mol. The summed E-state index contributed by atoms with van der Waals surface area (Å²) in [5, 5.41) is 0. The first kappa shape index (κ1) is 13.0. The molecule has 1 aliphatic rings. The van der Waals surface area contributed by atoms with Crippen molar-refractivity contribution in [3.8, 4) is 11.5 Å². The second-order valence-corrected chi connectivity index (χ2v) is 6.84. The van der Waals surface area contributed by atoms with Gasteiger partial charge in [-0.2, -0.15) is 0 Å². The fraction of sp³-hybridized carbons (Fsp3) is 0.200. The zero-order chi connectivity index (χ0) is 14.1. The van der Waals surface area contributed by atoms with Crippen molar-refractivity contribution in [1.82, 2.24) is 0 Å². The lowest BCUT2D eigenvalue weighted by Gasteiger charge is -2.40. The number of rotatable bonds is 4. The predicted molar refractivity (Wildman–Crippen MR) is 75.5 cm³/mol. The van der Waals surface area contributed by atoms with Gasteiger partial charge in [-0.3, -0.25) is 0 Å². The van der Waals surface area contributed by atoms with E-state index in [9.17, 15) is 8.42 Å². The molecule has 5 heteroatoms. The summed E-state index contributed by atoms with van der Waals surface area (Å²) < 4.78 is 34.6. The van der Waals surface area contributed by atoms with E-state index in [0.29, 0.717) is 11.5 Å². The Morgan fingerprint density at radius 2 is 1.15 bits per heavy atom. The second kappa shape index (κ2) is 4.83. The van der Waals surface area contributed by atoms with Crippen molar-refractivity contribution in [3.63, 3.8) is 0 Å². The Balaban J connectivity index is 1.83. The van der Waals surface area contributed by atoms with Crippen molar-refractivity contribution in [2.45, 2.75) is 5.79 Å². The zero-order valence-electron chi connectivity index (χ0n) is 10.7. The highest BCUT2D eigenvalue weighted by Gasteiger charge is 2.54. The molecule has 0 atom stereocenters. The molecule has 1 saturated heterocycles. The minimum atomic E-state index is -3.08. The van der Waals surface area contributed by atoms with Gasteiger partial charge in [-0.25, -0.2) is 8.42 Å². The lowest BCUT2D eigenvalue weighted by Crippen LogP contribution is -2.62. The Hall–Kier alpha value is -2.01. The van der Waals surface area contributed by atoms with E-state index in [1.165, 1.54) is 0 Å². The predicted octanol–water partition coefficient (Wildman–Crippen LogP) is 2.27. The average molecular weight is 290 g/mol. The van der Waals surface area contributed by atoms with E-state index in [1.54, 1.807) is 24.3 Å². The summed E-state index contributed by atoms with van der Waals surface area (Å²) in [6, 6.07) is 18.2. The maximum atomic E-state index is 11.5. The minimum absolute atomic E-state index is 0.135. The van der Waals surface area contributed by atoms with E-state index in [1.807, 2.05) is 36.4 Å². The highest BCUT2D eigenvalue weighted by Crippen LogP contribution is 2.32. The molecule has 2 aromatic rings. The SMILES string of the molecule is O=S1(=O)CC(Oc2ccccc2)(Oc2ccccc2)C1. The van der Waals surface area contributed by atoms with Crippen LogP contribution in [0.3, 0.4) is 0 Å². The molecule has 0 bridgehead atoms. The van der Waals surface area contributed by atoms with Crippen LogP contribution in [0.5, 0.6) is 11.5 Å². The van der Waals surface area contributed by atoms with Gasteiger partial charge < -0.3 is 9.47 Å². The summed E-state index contributed by atoms with van der Waals surface area (Å²) in [6.45, 7) is 0. The molecule has 0 saturated carbocycles. The molecule has 3 rings (SSSR count). The maximum Gasteiger partial charge on any atom is 0.278 e. The summed E-state index contributed by atoms with van der Waals surface area (Å²) in [7, 11) is -3.08. The van der Waals surface area contributed by atoms with Crippen molar-refractivity contribution in [3.05, 3.63) is 60.7 Å². The average Bonchev–Trinajstić information content (AvgIpc) is 2.38. The molecule has 0 aromatic heterocycles. The first-order chi connectivity index (χ1) is 9.57. The molecule has 0 spiro atoms. The Kier molecular flexibility index (Phi) is 3.14.